The van der Waals surface area contributed by atoms with Gasteiger partial charge in [0.1, 0.15) is 0 Å². The lowest BCUT2D eigenvalue weighted by atomic mass is 10.0. The summed E-state index contributed by atoms with van der Waals surface area (Å²) in [5, 5.41) is 10.7. The third-order valence-electron chi connectivity index (χ3n) is 3.19. The van der Waals surface area contributed by atoms with Crippen LogP contribution < -0.4 is 0 Å². The van der Waals surface area contributed by atoms with Crippen LogP contribution in [0, 0.1) is 10.1 Å². The molecule has 118 valence electrons. The van der Waals surface area contributed by atoms with Crippen molar-refractivity contribution in [2.45, 2.75) is 17.7 Å². The highest BCUT2D eigenvalue weighted by Gasteiger charge is 2.11. The molecule has 23 heavy (non-hydrogen) atoms. The number of nitrogens with zero attached hydrogens (tertiary/aromatic N) is 4. The highest BCUT2D eigenvalue weighted by atomic mass is 32.2. The predicted molar refractivity (Wildman–Crippen MR) is 83.3 cm³/mol. The third-order valence-corrected chi connectivity index (χ3v) is 4.34. The number of aryl methyl sites for hydroxylation is 2. The Morgan fingerprint density at radius 2 is 1.74 bits per heavy atom. The Morgan fingerprint density at radius 1 is 1.09 bits per heavy atom. The van der Waals surface area contributed by atoms with Crippen molar-refractivity contribution < 1.29 is 13.3 Å². The molecule has 0 spiro atoms. The number of nitro groups is 1. The molecule has 0 aromatic heterocycles. The molecule has 0 saturated carbocycles. The lowest BCUT2D eigenvalue weighted by Crippen LogP contribution is -1.97. The molecule has 9 heteroatoms. The first-order chi connectivity index (χ1) is 10.9. The van der Waals surface area contributed by atoms with Crippen molar-refractivity contribution >= 4 is 15.7 Å². The molecule has 8 nitrogen and oxygen atoms in total. The largest absolute Gasteiger partial charge is 0.269 e. The Labute approximate surface area is 132 Å². The molecule has 0 radical (unpaired) electrons. The molecule has 0 atom stereocenters. The Morgan fingerprint density at radius 3 is 2.35 bits per heavy atom. The Balaban J connectivity index is 2.09. The maximum Gasteiger partial charge on any atom is 0.269 e. The van der Waals surface area contributed by atoms with Gasteiger partial charge in [-0.25, -0.2) is 8.42 Å². The molecule has 0 amide bonds. The minimum Gasteiger partial charge on any atom is -0.258 e. The van der Waals surface area contributed by atoms with Crippen molar-refractivity contribution in [3.63, 3.8) is 0 Å². The summed E-state index contributed by atoms with van der Waals surface area (Å²) in [5.41, 5.74) is 9.96. The van der Waals surface area contributed by atoms with E-state index in [1.807, 2.05) is 0 Å². The number of non-ortho nitro benzene ring substituents is 1. The lowest BCUT2D eigenvalue weighted by molar-refractivity contribution is -0.384. The summed E-state index contributed by atoms with van der Waals surface area (Å²) in [6.07, 6.45) is 1.19. The summed E-state index contributed by atoms with van der Waals surface area (Å²) in [6.45, 7) is 0. The van der Waals surface area contributed by atoms with Crippen molar-refractivity contribution in [2.24, 2.45) is 4.52 Å². The summed E-state index contributed by atoms with van der Waals surface area (Å²) in [7, 11) is -3.98. The monoisotopic (exact) mass is 332 g/mol. The van der Waals surface area contributed by atoms with E-state index in [1.54, 1.807) is 24.3 Å². The lowest BCUT2D eigenvalue weighted by Gasteiger charge is -2.04. The second-order valence-corrected chi connectivity index (χ2v) is 6.30. The van der Waals surface area contributed by atoms with Crippen LogP contribution in [0.3, 0.4) is 0 Å². The molecule has 0 fully saturated rings. The van der Waals surface area contributed by atoms with Crippen LogP contribution in [0.5, 0.6) is 0 Å². The van der Waals surface area contributed by atoms with E-state index in [4.69, 9.17) is 5.53 Å². The molecule has 2 rings (SSSR count). The van der Waals surface area contributed by atoms with E-state index < -0.39 is 14.9 Å². The molecular weight excluding hydrogens is 320 g/mol. The molecule has 0 heterocycles. The number of nitro benzene ring substituents is 1. The zero-order valence-corrected chi connectivity index (χ0v) is 12.7. The molecule has 0 N–H and O–H groups in total. The van der Waals surface area contributed by atoms with Gasteiger partial charge in [-0.3, -0.25) is 10.1 Å². The van der Waals surface area contributed by atoms with Gasteiger partial charge in [-0.05, 0) is 41.6 Å². The van der Waals surface area contributed by atoms with E-state index in [0.29, 0.717) is 12.8 Å². The molecule has 0 saturated heterocycles. The Hall–Kier alpha value is -2.90. The Kier molecular flexibility index (Phi) is 4.95. The Bertz CT molecular complexity index is 872. The predicted octanol–water partition coefficient (Wildman–Crippen LogP) is 3.38. The fraction of sp³-hybridized carbons (Fsp3) is 0.143. The van der Waals surface area contributed by atoms with Gasteiger partial charge in [0, 0.05) is 21.6 Å². The van der Waals surface area contributed by atoms with Crippen LogP contribution in [-0.4, -0.2) is 13.3 Å². The SMILES string of the molecule is [N-]=[N+]=NS(=O)(=O)c1ccc(CCc2cccc([N+](=O)[O-])c2)cc1. The summed E-state index contributed by atoms with van der Waals surface area (Å²) in [5.74, 6) is 0. The van der Waals surface area contributed by atoms with E-state index in [2.05, 4.69) is 9.43 Å². The van der Waals surface area contributed by atoms with E-state index in [-0.39, 0.29) is 10.6 Å². The van der Waals surface area contributed by atoms with Crippen molar-refractivity contribution in [1.82, 2.24) is 0 Å². The normalized spacial score (nSPS) is 10.8. The zero-order valence-electron chi connectivity index (χ0n) is 11.9. The molecule has 0 aliphatic heterocycles. The highest BCUT2D eigenvalue weighted by Crippen LogP contribution is 2.17. The first-order valence-electron chi connectivity index (χ1n) is 6.56. The summed E-state index contributed by atoms with van der Waals surface area (Å²) < 4.78 is 25.8. The van der Waals surface area contributed by atoms with Crippen LogP contribution in [-0.2, 0) is 22.9 Å². The second kappa shape index (κ2) is 6.91. The van der Waals surface area contributed by atoms with Gasteiger partial charge in [0.25, 0.3) is 15.7 Å². The number of benzene rings is 2. The third kappa shape index (κ3) is 4.29. The van der Waals surface area contributed by atoms with Crippen LogP contribution in [0.4, 0.5) is 5.69 Å². The average Bonchev–Trinajstić information content (AvgIpc) is 2.53. The van der Waals surface area contributed by atoms with Crippen LogP contribution >= 0.6 is 0 Å². The summed E-state index contributed by atoms with van der Waals surface area (Å²) >= 11 is 0. The highest BCUT2D eigenvalue weighted by molar-refractivity contribution is 7.90. The average molecular weight is 332 g/mol. The van der Waals surface area contributed by atoms with Gasteiger partial charge < -0.3 is 0 Å². The topological polar surface area (TPSA) is 126 Å². The van der Waals surface area contributed by atoms with Gasteiger partial charge in [-0.1, -0.05) is 24.3 Å². The molecular formula is C14H12N4O4S. The van der Waals surface area contributed by atoms with Crippen molar-refractivity contribution in [2.75, 3.05) is 0 Å². The van der Waals surface area contributed by atoms with Gasteiger partial charge in [0.15, 0.2) is 0 Å². The van der Waals surface area contributed by atoms with E-state index in [0.717, 1.165) is 11.1 Å². The molecule has 0 bridgehead atoms. The standard InChI is InChI=1S/C14H12N4O4S/c15-16-17-23(21,22)14-8-6-11(7-9-14)4-5-12-2-1-3-13(10-12)18(19)20/h1-3,6-10H,4-5H2. The molecule has 0 unspecified atom stereocenters. The van der Waals surface area contributed by atoms with Gasteiger partial charge in [-0.2, -0.15) is 0 Å². The molecule has 2 aromatic carbocycles. The maximum absolute atomic E-state index is 11.5. The van der Waals surface area contributed by atoms with Crippen LogP contribution in [0.1, 0.15) is 11.1 Å². The first-order valence-corrected chi connectivity index (χ1v) is 8.00. The second-order valence-electron chi connectivity index (χ2n) is 4.72. The number of sulfonamides is 1. The smallest absolute Gasteiger partial charge is 0.258 e. The van der Waals surface area contributed by atoms with Crippen LogP contribution in [0.15, 0.2) is 57.9 Å². The van der Waals surface area contributed by atoms with Gasteiger partial charge in [0.05, 0.1) is 9.82 Å². The molecule has 0 aliphatic rings. The van der Waals surface area contributed by atoms with Gasteiger partial charge in [0.2, 0.25) is 0 Å². The number of rotatable bonds is 6. The summed E-state index contributed by atoms with van der Waals surface area (Å²) in [4.78, 5) is 12.5. The van der Waals surface area contributed by atoms with Crippen molar-refractivity contribution in [3.05, 3.63) is 80.2 Å². The van der Waals surface area contributed by atoms with E-state index in [9.17, 15) is 18.5 Å². The maximum atomic E-state index is 11.5. The zero-order chi connectivity index (χ0) is 16.9. The minimum absolute atomic E-state index is 0.0401. The van der Waals surface area contributed by atoms with Crippen molar-refractivity contribution in [1.29, 1.82) is 0 Å². The molecule has 0 aliphatic carbocycles. The van der Waals surface area contributed by atoms with Crippen molar-refractivity contribution in [3.8, 4) is 0 Å². The minimum atomic E-state index is -3.98. The quantitative estimate of drug-likeness (QED) is 0.264. The van der Waals surface area contributed by atoms with E-state index in [1.165, 1.54) is 24.3 Å². The van der Waals surface area contributed by atoms with Gasteiger partial charge in [-0.15, -0.1) is 0 Å². The van der Waals surface area contributed by atoms with Crippen LogP contribution in [0.2, 0.25) is 0 Å². The fourth-order valence-electron chi connectivity index (χ4n) is 2.04. The van der Waals surface area contributed by atoms with Gasteiger partial charge >= 0.3 is 0 Å². The van der Waals surface area contributed by atoms with Crippen LogP contribution in [0.25, 0.3) is 10.4 Å². The molecule has 2 aromatic rings. The summed E-state index contributed by atoms with van der Waals surface area (Å²) in [6, 6.07) is 12.4. The fourth-order valence-corrected chi connectivity index (χ4v) is 2.71. The number of azide groups is 1. The number of hydrogen-bond acceptors (Lipinski definition) is 4. The van der Waals surface area contributed by atoms with E-state index >= 15 is 0 Å². The number of hydrogen-bond donors (Lipinski definition) is 0. The first kappa shape index (κ1) is 16.5.